The Kier molecular flexibility index (Phi) is 7.39. The molecule has 4 N–H and O–H groups in total. The van der Waals surface area contributed by atoms with Crippen molar-refractivity contribution in [2.45, 2.75) is 59.2 Å². The number of phosphoric ester groups is 1. The molecule has 3 heterocycles. The number of esters is 1. The lowest BCUT2D eigenvalue weighted by Gasteiger charge is -2.24. The van der Waals surface area contributed by atoms with Gasteiger partial charge in [-0.25, -0.2) is 24.3 Å². The average Bonchev–Trinajstić information content (AvgIpc) is 3.42. The number of carbonyl (C=O) groups excluding carboxylic acids is 1. The minimum atomic E-state index is -4.36. The molecule has 0 saturated carbocycles. The maximum atomic E-state index is 13.5. The van der Waals surface area contributed by atoms with Gasteiger partial charge < -0.3 is 25.2 Å². The van der Waals surface area contributed by atoms with Crippen molar-refractivity contribution in [1.29, 1.82) is 0 Å². The highest BCUT2D eigenvalue weighted by atomic mass is 31.2. The number of rotatable bonds is 7. The van der Waals surface area contributed by atoms with Gasteiger partial charge in [-0.15, -0.1) is 0 Å². The molecule has 14 heteroatoms. The molecule has 1 aliphatic heterocycles. The molecule has 1 aliphatic rings. The zero-order valence-electron chi connectivity index (χ0n) is 21.3. The number of benzene rings is 1. The van der Waals surface area contributed by atoms with Crippen LogP contribution in [0.1, 0.15) is 44.4 Å². The van der Waals surface area contributed by atoms with Crippen molar-refractivity contribution in [2.24, 2.45) is 0 Å². The van der Waals surface area contributed by atoms with E-state index < -0.39 is 44.9 Å². The topological polar surface area (TPSA) is 181 Å². The minimum absolute atomic E-state index is 0.133. The third-order valence-corrected chi connectivity index (χ3v) is 7.99. The number of ether oxygens (including phenoxy) is 2. The molecule has 1 aromatic carbocycles. The number of fused-ring (bicyclic) bond motifs is 1. The van der Waals surface area contributed by atoms with Crippen LogP contribution in [0.4, 0.5) is 5.82 Å². The van der Waals surface area contributed by atoms with E-state index in [9.17, 15) is 19.4 Å². The molecule has 0 aliphatic carbocycles. The summed E-state index contributed by atoms with van der Waals surface area (Å²) in [6, 6.07) is 0. The van der Waals surface area contributed by atoms with Crippen LogP contribution < -0.4 is 5.73 Å². The van der Waals surface area contributed by atoms with Crippen LogP contribution in [0.3, 0.4) is 0 Å². The molecule has 4 rings (SSSR count). The van der Waals surface area contributed by atoms with Crippen molar-refractivity contribution < 1.29 is 37.9 Å². The molecular weight excluding hydrogens is 505 g/mol. The molecule has 200 valence electrons. The molecule has 5 atom stereocenters. The second kappa shape index (κ2) is 10.1. The van der Waals surface area contributed by atoms with E-state index in [1.165, 1.54) is 17.2 Å². The largest absolute Gasteiger partial charge is 0.472 e. The molecule has 37 heavy (non-hydrogen) atoms. The van der Waals surface area contributed by atoms with Gasteiger partial charge in [-0.05, 0) is 62.4 Å². The first-order valence-corrected chi connectivity index (χ1v) is 12.9. The second-order valence-electron chi connectivity index (χ2n) is 8.96. The Labute approximate surface area is 213 Å². The number of imidazole rings is 1. The predicted molar refractivity (Wildman–Crippen MR) is 132 cm³/mol. The third kappa shape index (κ3) is 4.86. The first kappa shape index (κ1) is 27.1. The van der Waals surface area contributed by atoms with Crippen molar-refractivity contribution in [1.82, 2.24) is 19.5 Å². The molecule has 0 spiro atoms. The molecule has 1 saturated heterocycles. The third-order valence-electron chi connectivity index (χ3n) is 7.05. The fourth-order valence-electron chi connectivity index (χ4n) is 4.47. The van der Waals surface area contributed by atoms with Crippen molar-refractivity contribution in [3.63, 3.8) is 0 Å². The second-order valence-corrected chi connectivity index (χ2v) is 10.5. The SMILES string of the molecule is COP(=O)(O)OC[C@H]1O[C@@H](n2cnc3c(N)ncnc32)C(OC(=O)c2c(C)c(C)c(C)c(C)c2C)[C@H]1O. The van der Waals surface area contributed by atoms with Crippen molar-refractivity contribution in [3.05, 3.63) is 46.0 Å². The average molecular weight is 535 g/mol. The van der Waals surface area contributed by atoms with Crippen LogP contribution in [-0.2, 0) is 23.1 Å². The molecule has 2 aromatic heterocycles. The van der Waals surface area contributed by atoms with Gasteiger partial charge in [-0.3, -0.25) is 13.6 Å². The number of hydrogen-bond donors (Lipinski definition) is 3. The number of aromatic nitrogens is 4. The molecule has 1 fully saturated rings. The summed E-state index contributed by atoms with van der Waals surface area (Å²) in [6.45, 7) is 9.02. The fraction of sp³-hybridized carbons (Fsp3) is 0.478. The van der Waals surface area contributed by atoms with E-state index in [2.05, 4.69) is 19.5 Å². The van der Waals surface area contributed by atoms with Gasteiger partial charge >= 0.3 is 13.8 Å². The number of hydrogen-bond acceptors (Lipinski definition) is 11. The number of aliphatic hydroxyl groups is 1. The molecular formula is C23H30N5O8P. The normalized spacial score (nSPS) is 23.4. The summed E-state index contributed by atoms with van der Waals surface area (Å²) in [7, 11) is -3.35. The Morgan fingerprint density at radius 3 is 2.35 bits per heavy atom. The van der Waals surface area contributed by atoms with Crippen LogP contribution in [0.25, 0.3) is 11.2 Å². The summed E-state index contributed by atoms with van der Waals surface area (Å²) in [4.78, 5) is 35.5. The van der Waals surface area contributed by atoms with Crippen LogP contribution >= 0.6 is 7.82 Å². The van der Waals surface area contributed by atoms with Gasteiger partial charge in [0.15, 0.2) is 23.8 Å². The Morgan fingerprint density at radius 2 is 1.73 bits per heavy atom. The number of anilines is 1. The fourth-order valence-corrected chi connectivity index (χ4v) is 4.91. The lowest BCUT2D eigenvalue weighted by molar-refractivity contribution is -0.0562. The van der Waals surface area contributed by atoms with Gasteiger partial charge in [-0.1, -0.05) is 0 Å². The first-order chi connectivity index (χ1) is 17.4. The molecule has 2 unspecified atom stereocenters. The quantitative estimate of drug-likeness (QED) is 0.297. The van der Waals surface area contributed by atoms with E-state index in [1.54, 1.807) is 0 Å². The zero-order chi connectivity index (χ0) is 27.2. The van der Waals surface area contributed by atoms with Crippen molar-refractivity contribution in [3.8, 4) is 0 Å². The van der Waals surface area contributed by atoms with Gasteiger partial charge in [0.25, 0.3) is 0 Å². The lowest BCUT2D eigenvalue weighted by Crippen LogP contribution is -2.37. The Balaban J connectivity index is 1.72. The summed E-state index contributed by atoms with van der Waals surface area (Å²) in [5, 5.41) is 11.1. The van der Waals surface area contributed by atoms with Crippen LogP contribution in [0.2, 0.25) is 0 Å². The summed E-state index contributed by atoms with van der Waals surface area (Å²) in [5.41, 5.74) is 11.4. The van der Waals surface area contributed by atoms with Gasteiger partial charge in [0.1, 0.15) is 24.1 Å². The summed E-state index contributed by atoms with van der Waals surface area (Å²) in [5.74, 6) is -0.516. The predicted octanol–water partition coefficient (Wildman–Crippen LogP) is 2.20. The molecule has 3 aromatic rings. The maximum absolute atomic E-state index is 13.5. The number of nitrogen functional groups attached to an aromatic ring is 1. The number of carbonyl (C=O) groups is 1. The van der Waals surface area contributed by atoms with E-state index in [4.69, 9.17) is 19.7 Å². The smallest absolute Gasteiger partial charge is 0.451 e. The van der Waals surface area contributed by atoms with Crippen LogP contribution in [0.5, 0.6) is 0 Å². The van der Waals surface area contributed by atoms with E-state index in [1.807, 2.05) is 34.6 Å². The Hall–Kier alpha value is -2.93. The first-order valence-electron chi connectivity index (χ1n) is 11.5. The van der Waals surface area contributed by atoms with Gasteiger partial charge in [-0.2, -0.15) is 0 Å². The number of nitrogens with zero attached hydrogens (tertiary/aromatic N) is 4. The van der Waals surface area contributed by atoms with E-state index in [0.717, 1.165) is 34.9 Å². The van der Waals surface area contributed by atoms with Crippen LogP contribution in [0, 0.1) is 34.6 Å². The van der Waals surface area contributed by atoms with Crippen LogP contribution in [-0.4, -0.2) is 67.5 Å². The van der Waals surface area contributed by atoms with E-state index in [0.29, 0.717) is 11.1 Å². The van der Waals surface area contributed by atoms with Gasteiger partial charge in [0.05, 0.1) is 18.5 Å². The summed E-state index contributed by atoms with van der Waals surface area (Å²) < 4.78 is 34.5. The van der Waals surface area contributed by atoms with Crippen molar-refractivity contribution in [2.75, 3.05) is 19.5 Å². The minimum Gasteiger partial charge on any atom is -0.451 e. The van der Waals surface area contributed by atoms with Crippen LogP contribution in [0.15, 0.2) is 12.7 Å². The number of nitrogens with two attached hydrogens (primary N) is 1. The standard InChI is InChI=1S/C23H30N5O8P/c1-10-11(2)13(4)16(14(5)12(10)3)23(30)36-19-18(29)15(7-34-37(31,32)33-6)35-22(19)28-9-27-17-20(24)25-8-26-21(17)28/h8-9,15,18-19,22,29H,7H2,1-6H3,(H,31,32)(H2,24,25,26)/t15-,18+,19?,22-/m1/s1. The lowest BCUT2D eigenvalue weighted by atomic mass is 9.89. The summed E-state index contributed by atoms with van der Waals surface area (Å²) in [6.07, 6.45) is -2.33. The Morgan fingerprint density at radius 1 is 1.11 bits per heavy atom. The number of aliphatic hydroxyl groups excluding tert-OH is 1. The number of phosphoric acid groups is 1. The maximum Gasteiger partial charge on any atom is 0.472 e. The monoisotopic (exact) mass is 535 g/mol. The molecule has 13 nitrogen and oxygen atoms in total. The Bertz CT molecular complexity index is 1380. The van der Waals surface area contributed by atoms with Crippen molar-refractivity contribution >= 4 is 30.8 Å². The van der Waals surface area contributed by atoms with E-state index in [-0.39, 0.29) is 11.5 Å². The summed E-state index contributed by atoms with van der Waals surface area (Å²) >= 11 is 0. The molecule has 0 bridgehead atoms. The van der Waals surface area contributed by atoms with Gasteiger partial charge in [0, 0.05) is 7.11 Å². The zero-order valence-corrected chi connectivity index (χ0v) is 22.2. The molecule has 0 radical (unpaired) electrons. The highest BCUT2D eigenvalue weighted by Gasteiger charge is 2.49. The highest BCUT2D eigenvalue weighted by Crippen LogP contribution is 2.44. The van der Waals surface area contributed by atoms with Gasteiger partial charge in [0.2, 0.25) is 0 Å². The molecule has 0 amide bonds. The van der Waals surface area contributed by atoms with E-state index >= 15 is 0 Å². The highest BCUT2D eigenvalue weighted by molar-refractivity contribution is 7.47.